The second-order valence-corrected chi connectivity index (χ2v) is 4.82. The number of furan rings is 2. The van der Waals surface area contributed by atoms with Gasteiger partial charge in [0, 0.05) is 5.56 Å². The molecule has 0 aliphatic heterocycles. The highest BCUT2D eigenvalue weighted by atomic mass is 16.5. The molecule has 3 aromatic rings. The molecule has 0 fully saturated rings. The zero-order chi connectivity index (χ0) is 17.1. The normalized spacial score (nSPS) is 10.5. The number of carbonyl (C=O) groups is 2. The number of esters is 1. The summed E-state index contributed by atoms with van der Waals surface area (Å²) in [5.74, 6) is -0.630. The second-order valence-electron chi connectivity index (χ2n) is 4.82. The third-order valence-electron chi connectivity index (χ3n) is 3.29. The molecular weight excluding hydrogens is 312 g/mol. The van der Waals surface area contributed by atoms with Gasteiger partial charge in [-0.1, -0.05) is 0 Å². The number of aromatic nitrogens is 1. The standard InChI is InChI=1S/C17H14N2O5/c1-2-22-17(21)14-10(12-5-3-7-23-12)9-11(16(18)20)19-15(14)13-6-4-8-24-13/h3-9H,2H2,1H3,(H2,18,20). The van der Waals surface area contributed by atoms with Crippen LogP contribution in [0.5, 0.6) is 0 Å². The van der Waals surface area contributed by atoms with Crippen molar-refractivity contribution in [3.05, 3.63) is 54.1 Å². The smallest absolute Gasteiger partial charge is 0.341 e. The summed E-state index contributed by atoms with van der Waals surface area (Å²) < 4.78 is 15.8. The van der Waals surface area contributed by atoms with E-state index in [-0.39, 0.29) is 23.6 Å². The van der Waals surface area contributed by atoms with Crippen LogP contribution in [0.3, 0.4) is 0 Å². The lowest BCUT2D eigenvalue weighted by Gasteiger charge is -2.12. The molecular formula is C17H14N2O5. The van der Waals surface area contributed by atoms with Gasteiger partial charge in [0.05, 0.1) is 19.1 Å². The predicted molar refractivity (Wildman–Crippen MR) is 84.1 cm³/mol. The first-order valence-corrected chi connectivity index (χ1v) is 7.21. The summed E-state index contributed by atoms with van der Waals surface area (Å²) in [6, 6.07) is 8.01. The number of nitrogens with zero attached hydrogens (tertiary/aromatic N) is 1. The zero-order valence-electron chi connectivity index (χ0n) is 12.8. The van der Waals surface area contributed by atoms with Crippen molar-refractivity contribution in [3.8, 4) is 22.8 Å². The van der Waals surface area contributed by atoms with E-state index in [0.717, 1.165) is 0 Å². The Kier molecular flexibility index (Phi) is 4.15. The fourth-order valence-electron chi connectivity index (χ4n) is 2.30. The molecule has 122 valence electrons. The fraction of sp³-hybridized carbons (Fsp3) is 0.118. The average molecular weight is 326 g/mol. The molecule has 3 heterocycles. The van der Waals surface area contributed by atoms with Crippen molar-refractivity contribution in [3.63, 3.8) is 0 Å². The Hall–Kier alpha value is -3.35. The van der Waals surface area contributed by atoms with Crippen LogP contribution < -0.4 is 5.73 Å². The van der Waals surface area contributed by atoms with E-state index in [2.05, 4.69) is 4.98 Å². The quantitative estimate of drug-likeness (QED) is 0.722. The highest BCUT2D eigenvalue weighted by Gasteiger charge is 2.26. The molecule has 0 aliphatic carbocycles. The molecule has 0 aromatic carbocycles. The zero-order valence-corrected chi connectivity index (χ0v) is 12.8. The summed E-state index contributed by atoms with van der Waals surface area (Å²) in [5, 5.41) is 0. The van der Waals surface area contributed by atoms with Crippen LogP contribution in [-0.2, 0) is 4.74 Å². The minimum atomic E-state index is -0.731. The summed E-state index contributed by atoms with van der Waals surface area (Å²) in [6.45, 7) is 1.88. The van der Waals surface area contributed by atoms with Crippen LogP contribution in [0.4, 0.5) is 0 Å². The lowest BCUT2D eigenvalue weighted by molar-refractivity contribution is 0.0527. The van der Waals surface area contributed by atoms with Gasteiger partial charge < -0.3 is 19.3 Å². The van der Waals surface area contributed by atoms with E-state index in [9.17, 15) is 9.59 Å². The van der Waals surface area contributed by atoms with Gasteiger partial charge in [-0.3, -0.25) is 4.79 Å². The molecule has 2 N–H and O–H groups in total. The lowest BCUT2D eigenvalue weighted by Crippen LogP contribution is -2.17. The minimum absolute atomic E-state index is 0.0131. The number of amides is 1. The van der Waals surface area contributed by atoms with Gasteiger partial charge in [-0.25, -0.2) is 9.78 Å². The summed E-state index contributed by atoms with van der Waals surface area (Å²) in [5.41, 5.74) is 6.02. The third-order valence-corrected chi connectivity index (χ3v) is 3.29. The van der Waals surface area contributed by atoms with Crippen LogP contribution >= 0.6 is 0 Å². The number of carbonyl (C=O) groups excluding carboxylic acids is 2. The van der Waals surface area contributed by atoms with E-state index in [0.29, 0.717) is 17.1 Å². The van der Waals surface area contributed by atoms with Crippen LogP contribution in [0, 0.1) is 0 Å². The highest BCUT2D eigenvalue weighted by molar-refractivity contribution is 6.04. The molecule has 0 radical (unpaired) electrons. The Bertz CT molecular complexity index is 811. The Labute approximate surface area is 137 Å². The summed E-state index contributed by atoms with van der Waals surface area (Å²) in [7, 11) is 0. The Morgan fingerprint density at radius 2 is 1.83 bits per heavy atom. The SMILES string of the molecule is CCOC(=O)c1c(-c2ccco2)cc(C(N)=O)nc1-c1ccco1. The van der Waals surface area contributed by atoms with Gasteiger partial charge in [-0.2, -0.15) is 0 Å². The van der Waals surface area contributed by atoms with Crippen LogP contribution in [0.1, 0.15) is 27.8 Å². The lowest BCUT2D eigenvalue weighted by atomic mass is 10.0. The molecule has 0 aliphatic rings. The molecule has 0 bridgehead atoms. The van der Waals surface area contributed by atoms with Gasteiger partial charge in [0.2, 0.25) is 0 Å². The summed E-state index contributed by atoms with van der Waals surface area (Å²) in [6.07, 6.45) is 2.90. The molecule has 3 rings (SSSR count). The Balaban J connectivity index is 2.33. The maximum absolute atomic E-state index is 12.5. The highest BCUT2D eigenvalue weighted by Crippen LogP contribution is 2.33. The number of hydrogen-bond acceptors (Lipinski definition) is 6. The van der Waals surface area contributed by atoms with Gasteiger partial charge in [-0.15, -0.1) is 0 Å². The van der Waals surface area contributed by atoms with Crippen LogP contribution in [-0.4, -0.2) is 23.5 Å². The van der Waals surface area contributed by atoms with Crippen molar-refractivity contribution in [1.82, 2.24) is 4.98 Å². The van der Waals surface area contributed by atoms with E-state index in [1.165, 1.54) is 18.6 Å². The van der Waals surface area contributed by atoms with Crippen molar-refractivity contribution in [1.29, 1.82) is 0 Å². The van der Waals surface area contributed by atoms with Gasteiger partial charge in [-0.05, 0) is 37.3 Å². The van der Waals surface area contributed by atoms with Gasteiger partial charge in [0.25, 0.3) is 5.91 Å². The maximum Gasteiger partial charge on any atom is 0.341 e. The van der Waals surface area contributed by atoms with Crippen molar-refractivity contribution in [2.24, 2.45) is 5.73 Å². The first-order valence-electron chi connectivity index (χ1n) is 7.21. The fourth-order valence-corrected chi connectivity index (χ4v) is 2.30. The molecule has 0 unspecified atom stereocenters. The number of rotatable bonds is 5. The van der Waals surface area contributed by atoms with Gasteiger partial charge >= 0.3 is 5.97 Å². The first-order chi connectivity index (χ1) is 11.6. The van der Waals surface area contributed by atoms with E-state index in [1.807, 2.05) is 0 Å². The average Bonchev–Trinajstić information content (AvgIpc) is 3.27. The van der Waals surface area contributed by atoms with Crippen molar-refractivity contribution < 1.29 is 23.2 Å². The van der Waals surface area contributed by atoms with Crippen molar-refractivity contribution in [2.45, 2.75) is 6.92 Å². The molecule has 0 atom stereocenters. The van der Waals surface area contributed by atoms with Crippen molar-refractivity contribution in [2.75, 3.05) is 6.61 Å². The second kappa shape index (κ2) is 6.41. The monoisotopic (exact) mass is 326 g/mol. The van der Waals surface area contributed by atoms with E-state index in [4.69, 9.17) is 19.3 Å². The molecule has 0 saturated carbocycles. The molecule has 1 amide bonds. The number of ether oxygens (including phenoxy) is 1. The third kappa shape index (κ3) is 2.79. The van der Waals surface area contributed by atoms with Crippen LogP contribution in [0.25, 0.3) is 22.8 Å². The first kappa shape index (κ1) is 15.5. The van der Waals surface area contributed by atoms with Crippen LogP contribution in [0.2, 0.25) is 0 Å². The van der Waals surface area contributed by atoms with Crippen LogP contribution in [0.15, 0.2) is 51.7 Å². The minimum Gasteiger partial charge on any atom is -0.464 e. The predicted octanol–water partition coefficient (Wildman–Crippen LogP) is 2.88. The Morgan fingerprint density at radius 3 is 2.38 bits per heavy atom. The van der Waals surface area contributed by atoms with E-state index >= 15 is 0 Å². The van der Waals surface area contributed by atoms with Gasteiger partial charge in [0.1, 0.15) is 22.7 Å². The molecule has 7 heteroatoms. The molecule has 0 saturated heterocycles. The van der Waals surface area contributed by atoms with Gasteiger partial charge in [0.15, 0.2) is 5.76 Å². The largest absolute Gasteiger partial charge is 0.464 e. The Morgan fingerprint density at radius 1 is 1.17 bits per heavy atom. The summed E-state index contributed by atoms with van der Waals surface area (Å²) in [4.78, 5) is 28.3. The molecule has 7 nitrogen and oxygen atoms in total. The number of pyridine rings is 1. The van der Waals surface area contributed by atoms with Crippen molar-refractivity contribution >= 4 is 11.9 Å². The molecule has 24 heavy (non-hydrogen) atoms. The van der Waals surface area contributed by atoms with E-state index < -0.39 is 11.9 Å². The number of hydrogen-bond donors (Lipinski definition) is 1. The number of primary amides is 1. The molecule has 0 spiro atoms. The summed E-state index contributed by atoms with van der Waals surface area (Å²) >= 11 is 0. The van der Waals surface area contributed by atoms with E-state index in [1.54, 1.807) is 31.2 Å². The molecule has 3 aromatic heterocycles. The number of nitrogens with two attached hydrogens (primary N) is 1. The maximum atomic E-state index is 12.5. The topological polar surface area (TPSA) is 109 Å².